The van der Waals surface area contributed by atoms with E-state index in [0.717, 1.165) is 26.4 Å². The van der Waals surface area contributed by atoms with Crippen molar-refractivity contribution in [3.63, 3.8) is 0 Å². The molecule has 0 unspecified atom stereocenters. The topological polar surface area (TPSA) is 18.5 Å². The summed E-state index contributed by atoms with van der Waals surface area (Å²) in [4.78, 5) is 0. The highest BCUT2D eigenvalue weighted by molar-refractivity contribution is 4.81. The van der Waals surface area contributed by atoms with E-state index < -0.39 is 0 Å². The Hall–Kier alpha value is -0.340. The maximum Gasteiger partial charge on any atom is 0.0648 e. The minimum atomic E-state index is 0.735. The minimum Gasteiger partial charge on any atom is -0.377 e. The van der Waals surface area contributed by atoms with Gasteiger partial charge >= 0.3 is 0 Å². The van der Waals surface area contributed by atoms with Crippen LogP contribution < -0.4 is 0 Å². The molecule has 0 bridgehead atoms. The molecule has 0 atom stereocenters. The van der Waals surface area contributed by atoms with Crippen molar-refractivity contribution in [1.82, 2.24) is 0 Å². The maximum atomic E-state index is 5.68. The first-order chi connectivity index (χ1) is 14.9. The molecule has 0 saturated carbocycles. The van der Waals surface area contributed by atoms with Gasteiger partial charge in [0.2, 0.25) is 0 Å². The Morgan fingerprint density at radius 2 is 0.633 bits per heavy atom. The van der Waals surface area contributed by atoms with Crippen LogP contribution in [0, 0.1) is 0 Å². The number of hydrogen-bond acceptors (Lipinski definition) is 2. The molecule has 2 nitrogen and oxygen atoms in total. The lowest BCUT2D eigenvalue weighted by Gasteiger charge is -2.04. The number of hydrogen-bond donors (Lipinski definition) is 0. The van der Waals surface area contributed by atoms with Crippen molar-refractivity contribution in [1.29, 1.82) is 0 Å². The third-order valence-electron chi connectivity index (χ3n) is 5.88. The second-order valence-corrected chi connectivity index (χ2v) is 8.99. The van der Waals surface area contributed by atoms with Crippen LogP contribution in [0.15, 0.2) is 12.2 Å². The summed E-state index contributed by atoms with van der Waals surface area (Å²) in [6.07, 6.45) is 31.8. The maximum absolute atomic E-state index is 5.68. The van der Waals surface area contributed by atoms with Gasteiger partial charge in [0.15, 0.2) is 0 Å². The summed E-state index contributed by atoms with van der Waals surface area (Å²) in [5.74, 6) is 0. The monoisotopic (exact) mass is 424 g/mol. The van der Waals surface area contributed by atoms with Gasteiger partial charge in [0.1, 0.15) is 0 Å². The fourth-order valence-corrected chi connectivity index (χ4v) is 3.82. The van der Waals surface area contributed by atoms with Gasteiger partial charge in [0, 0.05) is 13.2 Å². The van der Waals surface area contributed by atoms with Crippen molar-refractivity contribution in [3.8, 4) is 0 Å². The minimum absolute atomic E-state index is 0.735. The van der Waals surface area contributed by atoms with Gasteiger partial charge in [-0.15, -0.1) is 0 Å². The average molecular weight is 425 g/mol. The molecule has 0 aliphatic carbocycles. The summed E-state index contributed by atoms with van der Waals surface area (Å²) in [6, 6.07) is 0. The van der Waals surface area contributed by atoms with Gasteiger partial charge in [-0.05, 0) is 12.8 Å². The Morgan fingerprint density at radius 3 is 0.933 bits per heavy atom. The number of rotatable bonds is 26. The zero-order chi connectivity index (χ0) is 21.8. The molecule has 0 aliphatic rings. The van der Waals surface area contributed by atoms with Gasteiger partial charge in [-0.25, -0.2) is 0 Å². The zero-order valence-electron chi connectivity index (χ0n) is 20.9. The molecule has 0 amide bonds. The first-order valence-electron chi connectivity index (χ1n) is 13.7. The predicted molar refractivity (Wildman–Crippen MR) is 134 cm³/mol. The quantitative estimate of drug-likeness (QED) is 0.102. The largest absolute Gasteiger partial charge is 0.377 e. The van der Waals surface area contributed by atoms with Crippen LogP contribution in [0.4, 0.5) is 0 Å². The summed E-state index contributed by atoms with van der Waals surface area (Å²) >= 11 is 0. The molecule has 30 heavy (non-hydrogen) atoms. The summed E-state index contributed by atoms with van der Waals surface area (Å²) < 4.78 is 11.4. The van der Waals surface area contributed by atoms with E-state index in [2.05, 4.69) is 26.0 Å². The van der Waals surface area contributed by atoms with E-state index in [1.807, 2.05) is 0 Å². The normalized spacial score (nSPS) is 11.7. The first kappa shape index (κ1) is 29.7. The van der Waals surface area contributed by atoms with E-state index in [4.69, 9.17) is 9.47 Å². The molecule has 0 N–H and O–H groups in total. The fourth-order valence-electron chi connectivity index (χ4n) is 3.82. The van der Waals surface area contributed by atoms with Gasteiger partial charge in [0.25, 0.3) is 0 Å². The third-order valence-corrected chi connectivity index (χ3v) is 5.88. The highest BCUT2D eigenvalue weighted by Crippen LogP contribution is 2.11. The molecule has 0 aromatic carbocycles. The summed E-state index contributed by atoms with van der Waals surface area (Å²) in [5.41, 5.74) is 0. The Labute approximate surface area is 190 Å². The van der Waals surface area contributed by atoms with Crippen LogP contribution in [0.1, 0.15) is 142 Å². The molecule has 0 aliphatic heterocycles. The fraction of sp³-hybridized carbons (Fsp3) is 0.929. The molecular formula is C28H56O2. The molecule has 0 fully saturated rings. The van der Waals surface area contributed by atoms with Gasteiger partial charge in [-0.1, -0.05) is 142 Å². The van der Waals surface area contributed by atoms with Crippen LogP contribution in [-0.2, 0) is 9.47 Å². The average Bonchev–Trinajstić information content (AvgIpc) is 2.76. The molecule has 0 radical (unpaired) electrons. The van der Waals surface area contributed by atoms with E-state index in [9.17, 15) is 0 Å². The van der Waals surface area contributed by atoms with E-state index >= 15 is 0 Å². The highest BCUT2D eigenvalue weighted by atomic mass is 16.5. The van der Waals surface area contributed by atoms with Crippen molar-refractivity contribution in [2.45, 2.75) is 142 Å². The smallest absolute Gasteiger partial charge is 0.0648 e. The van der Waals surface area contributed by atoms with Crippen LogP contribution >= 0.6 is 0 Å². The Bertz CT molecular complexity index is 284. The summed E-state index contributed by atoms with van der Waals surface area (Å²) in [7, 11) is 0. The second kappa shape index (κ2) is 28.7. The molecule has 0 rings (SSSR count). The summed E-state index contributed by atoms with van der Waals surface area (Å²) in [6.45, 7) is 7.84. The summed E-state index contributed by atoms with van der Waals surface area (Å²) in [5, 5.41) is 0. The predicted octanol–water partition coefficient (Wildman–Crippen LogP) is 9.42. The molecule has 0 spiro atoms. The van der Waals surface area contributed by atoms with Crippen molar-refractivity contribution in [2.75, 3.05) is 26.4 Å². The van der Waals surface area contributed by atoms with Crippen LogP contribution in [-0.4, -0.2) is 26.4 Å². The Balaban J connectivity index is 3.06. The van der Waals surface area contributed by atoms with Gasteiger partial charge in [-0.2, -0.15) is 0 Å². The van der Waals surface area contributed by atoms with Crippen LogP contribution in [0.25, 0.3) is 0 Å². The Kier molecular flexibility index (Phi) is 28.3. The van der Waals surface area contributed by atoms with Crippen LogP contribution in [0.3, 0.4) is 0 Å². The number of unbranched alkanes of at least 4 members (excludes halogenated alkanes) is 18. The molecule has 2 heteroatoms. The lowest BCUT2D eigenvalue weighted by molar-refractivity contribution is 0.149. The van der Waals surface area contributed by atoms with E-state index in [1.165, 1.54) is 128 Å². The molecule has 0 aromatic heterocycles. The van der Waals surface area contributed by atoms with Gasteiger partial charge in [0.05, 0.1) is 13.2 Å². The second-order valence-electron chi connectivity index (χ2n) is 8.99. The van der Waals surface area contributed by atoms with Crippen molar-refractivity contribution in [3.05, 3.63) is 12.2 Å². The highest BCUT2D eigenvalue weighted by Gasteiger charge is 1.94. The van der Waals surface area contributed by atoms with Crippen molar-refractivity contribution < 1.29 is 9.47 Å². The molecule has 0 heterocycles. The lowest BCUT2D eigenvalue weighted by Crippen LogP contribution is -1.97. The molecule has 0 aromatic rings. The molecular weight excluding hydrogens is 368 g/mol. The molecule has 180 valence electrons. The SMILES string of the molecule is CCCCCCCCCCCCOC/C=C\COCCCCCCCCCCCC. The number of ether oxygens (including phenoxy) is 2. The van der Waals surface area contributed by atoms with E-state index in [-0.39, 0.29) is 0 Å². The van der Waals surface area contributed by atoms with Crippen LogP contribution in [0.5, 0.6) is 0 Å². The first-order valence-corrected chi connectivity index (χ1v) is 13.7. The third kappa shape index (κ3) is 27.7. The van der Waals surface area contributed by atoms with Gasteiger partial charge < -0.3 is 9.47 Å². The van der Waals surface area contributed by atoms with E-state index in [0.29, 0.717) is 0 Å². The zero-order valence-corrected chi connectivity index (χ0v) is 20.9. The van der Waals surface area contributed by atoms with Crippen LogP contribution in [0.2, 0.25) is 0 Å². The van der Waals surface area contributed by atoms with Crippen molar-refractivity contribution in [2.24, 2.45) is 0 Å². The Morgan fingerprint density at radius 1 is 0.367 bits per heavy atom. The standard InChI is InChI=1S/C28H56O2/c1-3-5-7-9-11-13-15-17-19-21-25-29-27-23-24-28-30-26-22-20-18-16-14-12-10-8-6-4-2/h23-24H,3-22,25-28H2,1-2H3/b24-23-. The van der Waals surface area contributed by atoms with Crippen molar-refractivity contribution >= 4 is 0 Å². The van der Waals surface area contributed by atoms with E-state index in [1.54, 1.807) is 0 Å². The molecule has 0 saturated heterocycles. The lowest BCUT2D eigenvalue weighted by atomic mass is 10.1. The van der Waals surface area contributed by atoms with Gasteiger partial charge in [-0.3, -0.25) is 0 Å².